The fraction of sp³-hybridized carbons (Fsp3) is 0.188. The van der Waals surface area contributed by atoms with Gasteiger partial charge in [0.15, 0.2) is 11.5 Å². The Morgan fingerprint density at radius 1 is 0.857 bits per heavy atom. The molecule has 5 heteroatoms. The van der Waals surface area contributed by atoms with Crippen LogP contribution < -0.4 is 19.5 Å². The second kappa shape index (κ2) is 6.95. The Bertz CT molecular complexity index is 629. The van der Waals surface area contributed by atoms with Crippen molar-refractivity contribution >= 4 is 22.9 Å². The van der Waals surface area contributed by atoms with Crippen LogP contribution in [-0.2, 0) is 0 Å². The number of rotatable bonds is 5. The first kappa shape index (κ1) is 15.1. The van der Waals surface area contributed by atoms with Gasteiger partial charge in [-0.05, 0) is 0 Å². The predicted octanol–water partition coefficient (Wildman–Crippen LogP) is 3.50. The lowest BCUT2D eigenvalue weighted by Crippen LogP contribution is -2.11. The van der Waals surface area contributed by atoms with Crippen molar-refractivity contribution in [3.05, 3.63) is 48.0 Å². The highest BCUT2D eigenvalue weighted by Gasteiger charge is 2.13. The van der Waals surface area contributed by atoms with E-state index < -0.39 is 0 Å². The SMILES string of the molecule is COc1cc(OC)c(OC)cc1NC(=S)c1ccccc1. The summed E-state index contributed by atoms with van der Waals surface area (Å²) in [6, 6.07) is 13.3. The Hall–Kier alpha value is -2.27. The molecule has 2 rings (SSSR count). The summed E-state index contributed by atoms with van der Waals surface area (Å²) in [4.78, 5) is 0.612. The van der Waals surface area contributed by atoms with Crippen molar-refractivity contribution in [2.45, 2.75) is 0 Å². The first-order valence-electron chi connectivity index (χ1n) is 6.36. The third-order valence-corrected chi connectivity index (χ3v) is 3.33. The summed E-state index contributed by atoms with van der Waals surface area (Å²) < 4.78 is 15.9. The third kappa shape index (κ3) is 3.44. The van der Waals surface area contributed by atoms with E-state index in [4.69, 9.17) is 26.4 Å². The first-order chi connectivity index (χ1) is 10.2. The van der Waals surface area contributed by atoms with Crippen molar-refractivity contribution in [3.8, 4) is 17.2 Å². The van der Waals surface area contributed by atoms with Gasteiger partial charge in [-0.15, -0.1) is 0 Å². The second-order valence-corrected chi connectivity index (χ2v) is 4.64. The van der Waals surface area contributed by atoms with Crippen LogP contribution in [0.2, 0.25) is 0 Å². The number of hydrogen-bond donors (Lipinski definition) is 1. The monoisotopic (exact) mass is 303 g/mol. The van der Waals surface area contributed by atoms with Crippen molar-refractivity contribution in [2.75, 3.05) is 26.6 Å². The Balaban J connectivity index is 2.32. The third-order valence-electron chi connectivity index (χ3n) is 2.99. The maximum atomic E-state index is 5.41. The maximum absolute atomic E-state index is 5.41. The molecule has 0 aliphatic heterocycles. The molecule has 0 aliphatic carbocycles. The molecule has 0 fully saturated rings. The Kier molecular flexibility index (Phi) is 5.00. The second-order valence-electron chi connectivity index (χ2n) is 4.23. The van der Waals surface area contributed by atoms with Crippen LogP contribution in [0.4, 0.5) is 5.69 Å². The van der Waals surface area contributed by atoms with Crippen molar-refractivity contribution in [1.82, 2.24) is 0 Å². The lowest BCUT2D eigenvalue weighted by molar-refractivity contribution is 0.349. The summed E-state index contributed by atoms with van der Waals surface area (Å²) in [6.45, 7) is 0. The molecule has 0 unspecified atom stereocenters. The molecule has 0 bridgehead atoms. The van der Waals surface area contributed by atoms with Crippen molar-refractivity contribution in [3.63, 3.8) is 0 Å². The lowest BCUT2D eigenvalue weighted by atomic mass is 10.2. The Morgan fingerprint density at radius 2 is 1.43 bits per heavy atom. The van der Waals surface area contributed by atoms with E-state index >= 15 is 0 Å². The molecule has 0 spiro atoms. The van der Waals surface area contributed by atoms with E-state index in [0.29, 0.717) is 22.2 Å². The smallest absolute Gasteiger partial charge is 0.164 e. The summed E-state index contributed by atoms with van der Waals surface area (Å²) in [5.41, 5.74) is 1.66. The number of benzene rings is 2. The Morgan fingerprint density at radius 3 is 2.00 bits per heavy atom. The molecule has 0 amide bonds. The summed E-state index contributed by atoms with van der Waals surface area (Å²) in [5, 5.41) is 3.17. The molecule has 0 saturated carbocycles. The van der Waals surface area contributed by atoms with Gasteiger partial charge in [0, 0.05) is 17.7 Å². The zero-order valence-corrected chi connectivity index (χ0v) is 13.0. The minimum absolute atomic E-state index is 0.602. The summed E-state index contributed by atoms with van der Waals surface area (Å²) in [7, 11) is 4.76. The molecule has 0 heterocycles. The average molecular weight is 303 g/mol. The zero-order valence-electron chi connectivity index (χ0n) is 12.2. The standard InChI is InChI=1S/C16H17NO3S/c1-18-13-10-15(20-3)14(19-2)9-12(13)17-16(21)11-7-5-4-6-8-11/h4-10H,1-3H3,(H,17,21). The van der Waals surface area contributed by atoms with Gasteiger partial charge in [0.2, 0.25) is 0 Å². The largest absolute Gasteiger partial charge is 0.494 e. The van der Waals surface area contributed by atoms with E-state index in [1.54, 1.807) is 33.5 Å². The highest BCUT2D eigenvalue weighted by molar-refractivity contribution is 7.81. The van der Waals surface area contributed by atoms with Gasteiger partial charge >= 0.3 is 0 Å². The van der Waals surface area contributed by atoms with E-state index in [0.717, 1.165) is 11.3 Å². The van der Waals surface area contributed by atoms with E-state index in [9.17, 15) is 0 Å². The molecule has 0 aromatic heterocycles. The van der Waals surface area contributed by atoms with Crippen LogP contribution in [0.5, 0.6) is 17.2 Å². The normalized spacial score (nSPS) is 9.86. The number of methoxy groups -OCH3 is 3. The minimum atomic E-state index is 0.602. The molecule has 0 atom stereocenters. The molecule has 21 heavy (non-hydrogen) atoms. The maximum Gasteiger partial charge on any atom is 0.164 e. The van der Waals surface area contributed by atoms with Crippen molar-refractivity contribution in [1.29, 1.82) is 0 Å². The Labute approximate surface area is 129 Å². The van der Waals surface area contributed by atoms with Crippen LogP contribution >= 0.6 is 12.2 Å². The van der Waals surface area contributed by atoms with Gasteiger partial charge in [-0.2, -0.15) is 0 Å². The van der Waals surface area contributed by atoms with E-state index in [-0.39, 0.29) is 0 Å². The first-order valence-corrected chi connectivity index (χ1v) is 6.76. The van der Waals surface area contributed by atoms with Crippen LogP contribution in [-0.4, -0.2) is 26.3 Å². The highest BCUT2D eigenvalue weighted by Crippen LogP contribution is 2.37. The number of hydrogen-bond acceptors (Lipinski definition) is 4. The van der Waals surface area contributed by atoms with Crippen LogP contribution in [0.25, 0.3) is 0 Å². The van der Waals surface area contributed by atoms with Crippen LogP contribution in [0.1, 0.15) is 5.56 Å². The average Bonchev–Trinajstić information content (AvgIpc) is 2.55. The molecule has 2 aromatic rings. The molecular weight excluding hydrogens is 286 g/mol. The van der Waals surface area contributed by atoms with Crippen LogP contribution in [0.15, 0.2) is 42.5 Å². The van der Waals surface area contributed by atoms with E-state index in [1.165, 1.54) is 0 Å². The lowest BCUT2D eigenvalue weighted by Gasteiger charge is -2.16. The molecular formula is C16H17NO3S. The van der Waals surface area contributed by atoms with Gasteiger partial charge in [0.05, 0.1) is 27.0 Å². The topological polar surface area (TPSA) is 39.7 Å². The van der Waals surface area contributed by atoms with Gasteiger partial charge in [-0.25, -0.2) is 0 Å². The predicted molar refractivity (Wildman–Crippen MR) is 87.9 cm³/mol. The zero-order chi connectivity index (χ0) is 15.2. The fourth-order valence-corrected chi connectivity index (χ4v) is 2.16. The number of ether oxygens (including phenoxy) is 3. The molecule has 4 nitrogen and oxygen atoms in total. The van der Waals surface area contributed by atoms with Crippen LogP contribution in [0, 0.1) is 0 Å². The summed E-state index contributed by atoms with van der Waals surface area (Å²) in [5.74, 6) is 1.84. The van der Waals surface area contributed by atoms with Gasteiger partial charge in [0.25, 0.3) is 0 Å². The molecule has 1 N–H and O–H groups in total. The van der Waals surface area contributed by atoms with E-state index in [1.807, 2.05) is 30.3 Å². The molecule has 0 radical (unpaired) electrons. The van der Waals surface area contributed by atoms with Crippen molar-refractivity contribution < 1.29 is 14.2 Å². The highest BCUT2D eigenvalue weighted by atomic mass is 32.1. The summed E-state index contributed by atoms with van der Waals surface area (Å²) >= 11 is 5.41. The van der Waals surface area contributed by atoms with E-state index in [2.05, 4.69) is 5.32 Å². The number of thiocarbonyl (C=S) groups is 1. The molecule has 2 aromatic carbocycles. The van der Waals surface area contributed by atoms with Gasteiger partial charge in [-0.3, -0.25) is 0 Å². The molecule has 0 aliphatic rings. The number of nitrogens with one attached hydrogen (secondary N) is 1. The van der Waals surface area contributed by atoms with Crippen LogP contribution in [0.3, 0.4) is 0 Å². The quantitative estimate of drug-likeness (QED) is 0.856. The van der Waals surface area contributed by atoms with Gasteiger partial charge in [-0.1, -0.05) is 42.5 Å². The van der Waals surface area contributed by atoms with Gasteiger partial charge in [0.1, 0.15) is 10.7 Å². The fourth-order valence-electron chi connectivity index (χ4n) is 1.91. The molecule has 0 saturated heterocycles. The molecule has 110 valence electrons. The van der Waals surface area contributed by atoms with Crippen molar-refractivity contribution in [2.24, 2.45) is 0 Å². The minimum Gasteiger partial charge on any atom is -0.494 e. The number of anilines is 1. The summed E-state index contributed by atoms with van der Waals surface area (Å²) in [6.07, 6.45) is 0. The van der Waals surface area contributed by atoms with Gasteiger partial charge < -0.3 is 19.5 Å².